The molecule has 1 saturated carbocycles. The highest BCUT2D eigenvalue weighted by molar-refractivity contribution is 5.86. The molecule has 54 valence electrons. The molecule has 10 heavy (non-hydrogen) atoms. The molecule has 1 aliphatic carbocycles. The first-order chi connectivity index (χ1) is 4.62. The molecule has 1 fully saturated rings. The predicted molar refractivity (Wildman–Crippen MR) is 36.2 cm³/mol. The highest BCUT2D eigenvalue weighted by Crippen LogP contribution is 2.27. The maximum absolute atomic E-state index is 9.96. The van der Waals surface area contributed by atoms with Gasteiger partial charge in [0.15, 0.2) is 0 Å². The molecule has 0 saturated heterocycles. The lowest BCUT2D eigenvalue weighted by molar-refractivity contribution is -0.130. The van der Waals surface area contributed by atoms with E-state index in [0.29, 0.717) is 0 Å². The molecule has 3 heteroatoms. The third-order valence-corrected chi connectivity index (χ3v) is 1.66. The Kier molecular flexibility index (Phi) is 1.64. The van der Waals surface area contributed by atoms with E-state index in [1.807, 2.05) is 5.92 Å². The van der Waals surface area contributed by atoms with Crippen LogP contribution in [0.25, 0.3) is 0 Å². The van der Waals surface area contributed by atoms with Crippen LogP contribution in [0.5, 0.6) is 0 Å². The van der Waals surface area contributed by atoms with E-state index >= 15 is 0 Å². The Bertz CT molecular complexity index is 207. The third-order valence-electron chi connectivity index (χ3n) is 1.66. The molecule has 0 heterocycles. The van der Waals surface area contributed by atoms with Crippen LogP contribution in [-0.2, 0) is 4.79 Å². The van der Waals surface area contributed by atoms with E-state index in [-0.39, 0.29) is 0 Å². The molecular formula is C7H9NO2. The number of rotatable bonds is 0. The van der Waals surface area contributed by atoms with Gasteiger partial charge in [-0.2, -0.15) is 0 Å². The van der Waals surface area contributed by atoms with E-state index in [1.54, 1.807) is 0 Å². The molecule has 3 nitrogen and oxygen atoms in total. The van der Waals surface area contributed by atoms with Crippen molar-refractivity contribution in [1.29, 1.82) is 0 Å². The van der Waals surface area contributed by atoms with Crippen LogP contribution in [0, 0.1) is 11.8 Å². The van der Waals surface area contributed by atoms with Crippen LogP contribution in [0.3, 0.4) is 0 Å². The Balaban J connectivity index is 2.53. The number of hydrogen-bond donors (Lipinski definition) is 2. The number of carboxylic acid groups (broad SMARTS) is 1. The van der Waals surface area contributed by atoms with Crippen molar-refractivity contribution in [3.63, 3.8) is 0 Å². The summed E-state index contributed by atoms with van der Waals surface area (Å²) in [5, 5.41) is 8.17. The normalized spacial score (nSPS) is 20.1. The fourth-order valence-corrected chi connectivity index (χ4v) is 0.861. The summed E-state index contributed by atoms with van der Waals surface area (Å²) in [4.78, 5) is 9.96. The van der Waals surface area contributed by atoms with Crippen molar-refractivity contribution in [2.75, 3.05) is 0 Å². The second-order valence-corrected chi connectivity index (χ2v) is 2.56. The third kappa shape index (κ3) is 1.49. The molecular weight excluding hydrogens is 130 g/mol. The molecule has 0 bridgehead atoms. The zero-order chi connectivity index (χ0) is 7.61. The average molecular weight is 139 g/mol. The van der Waals surface area contributed by atoms with E-state index < -0.39 is 11.5 Å². The molecule has 0 aromatic rings. The predicted octanol–water partition coefficient (Wildman–Crippen LogP) is -0.0442. The lowest BCUT2D eigenvalue weighted by Gasteiger charge is -2.32. The van der Waals surface area contributed by atoms with Crippen LogP contribution in [0.15, 0.2) is 0 Å². The summed E-state index contributed by atoms with van der Waals surface area (Å²) < 4.78 is 0. The molecule has 0 radical (unpaired) electrons. The SMILES string of the molecule is NC1(C#CC(=O)O)CCC1. The van der Waals surface area contributed by atoms with Crippen molar-refractivity contribution in [3.8, 4) is 11.8 Å². The van der Waals surface area contributed by atoms with Gasteiger partial charge in [0.25, 0.3) is 0 Å². The van der Waals surface area contributed by atoms with E-state index in [0.717, 1.165) is 19.3 Å². The van der Waals surface area contributed by atoms with E-state index in [2.05, 4.69) is 5.92 Å². The molecule has 0 atom stereocenters. The highest BCUT2D eigenvalue weighted by Gasteiger charge is 2.30. The lowest BCUT2D eigenvalue weighted by Crippen LogP contribution is -2.45. The van der Waals surface area contributed by atoms with Crippen LogP contribution in [0.2, 0.25) is 0 Å². The van der Waals surface area contributed by atoms with Gasteiger partial charge in [-0.15, -0.1) is 0 Å². The zero-order valence-electron chi connectivity index (χ0n) is 5.55. The molecule has 0 spiro atoms. The average Bonchev–Trinajstić information content (AvgIpc) is 1.79. The van der Waals surface area contributed by atoms with Crippen molar-refractivity contribution in [2.45, 2.75) is 24.8 Å². The van der Waals surface area contributed by atoms with E-state index in [1.165, 1.54) is 0 Å². The number of carbonyl (C=O) groups is 1. The molecule has 1 aliphatic rings. The van der Waals surface area contributed by atoms with Gasteiger partial charge in [-0.25, -0.2) is 4.79 Å². The van der Waals surface area contributed by atoms with Crippen LogP contribution in [0.1, 0.15) is 19.3 Å². The van der Waals surface area contributed by atoms with Crippen molar-refractivity contribution >= 4 is 5.97 Å². The lowest BCUT2D eigenvalue weighted by atomic mass is 9.78. The topological polar surface area (TPSA) is 63.3 Å². The Hall–Kier alpha value is -1.01. The molecule has 1 rings (SSSR count). The zero-order valence-corrected chi connectivity index (χ0v) is 5.55. The van der Waals surface area contributed by atoms with Crippen molar-refractivity contribution in [3.05, 3.63) is 0 Å². The number of nitrogens with two attached hydrogens (primary N) is 1. The van der Waals surface area contributed by atoms with Gasteiger partial charge in [-0.1, -0.05) is 5.92 Å². The molecule has 3 N–H and O–H groups in total. The van der Waals surface area contributed by atoms with Crippen molar-refractivity contribution in [1.82, 2.24) is 0 Å². The minimum Gasteiger partial charge on any atom is -0.472 e. The monoisotopic (exact) mass is 139 g/mol. The number of carboxylic acids is 1. The maximum Gasteiger partial charge on any atom is 0.381 e. The van der Waals surface area contributed by atoms with Gasteiger partial charge in [0.05, 0.1) is 5.54 Å². The minimum absolute atomic E-state index is 0.488. The summed E-state index contributed by atoms with van der Waals surface area (Å²) in [5.74, 6) is 3.45. The first kappa shape index (κ1) is 7.10. The molecule has 0 amide bonds. The van der Waals surface area contributed by atoms with Gasteiger partial charge in [0.2, 0.25) is 0 Å². The summed E-state index contributed by atoms with van der Waals surface area (Å²) in [6.45, 7) is 0. The van der Waals surface area contributed by atoms with Crippen molar-refractivity contribution < 1.29 is 9.90 Å². The first-order valence-electron chi connectivity index (χ1n) is 3.17. The fourth-order valence-electron chi connectivity index (χ4n) is 0.861. The van der Waals surface area contributed by atoms with E-state index in [9.17, 15) is 4.79 Å². The smallest absolute Gasteiger partial charge is 0.381 e. The Labute approximate surface area is 59.2 Å². The first-order valence-corrected chi connectivity index (χ1v) is 3.17. The molecule has 0 aromatic heterocycles. The molecule has 0 aromatic carbocycles. The Morgan fingerprint density at radius 3 is 2.50 bits per heavy atom. The Morgan fingerprint density at radius 2 is 2.20 bits per heavy atom. The van der Waals surface area contributed by atoms with Crippen molar-refractivity contribution in [2.24, 2.45) is 5.73 Å². The standard InChI is InChI=1S/C7H9NO2/c8-7(3-1-4-7)5-2-6(9)10/h1,3-4,8H2,(H,9,10). The minimum atomic E-state index is -1.10. The van der Waals surface area contributed by atoms with Gasteiger partial charge in [-0.3, -0.25) is 0 Å². The summed E-state index contributed by atoms with van der Waals surface area (Å²) in [7, 11) is 0. The van der Waals surface area contributed by atoms with Gasteiger partial charge >= 0.3 is 5.97 Å². The summed E-state index contributed by atoms with van der Waals surface area (Å²) in [6, 6.07) is 0. The number of aliphatic carboxylic acids is 1. The van der Waals surface area contributed by atoms with Crippen LogP contribution in [-0.4, -0.2) is 16.6 Å². The van der Waals surface area contributed by atoms with Crippen LogP contribution >= 0.6 is 0 Å². The number of hydrogen-bond acceptors (Lipinski definition) is 2. The van der Waals surface area contributed by atoms with Gasteiger partial charge < -0.3 is 10.8 Å². The summed E-state index contributed by atoms with van der Waals surface area (Å²) in [5.41, 5.74) is 5.13. The van der Waals surface area contributed by atoms with Gasteiger partial charge in [-0.05, 0) is 19.3 Å². The molecule has 0 aliphatic heterocycles. The van der Waals surface area contributed by atoms with Gasteiger partial charge in [0.1, 0.15) is 0 Å². The van der Waals surface area contributed by atoms with Crippen LogP contribution in [0.4, 0.5) is 0 Å². The second kappa shape index (κ2) is 2.31. The van der Waals surface area contributed by atoms with Gasteiger partial charge in [0, 0.05) is 5.92 Å². The molecule has 0 unspecified atom stereocenters. The van der Waals surface area contributed by atoms with E-state index in [4.69, 9.17) is 10.8 Å². The summed E-state index contributed by atoms with van der Waals surface area (Å²) in [6.07, 6.45) is 2.71. The maximum atomic E-state index is 9.96. The second-order valence-electron chi connectivity index (χ2n) is 2.56. The largest absolute Gasteiger partial charge is 0.472 e. The quantitative estimate of drug-likeness (QED) is 0.463. The Morgan fingerprint density at radius 1 is 1.60 bits per heavy atom. The highest BCUT2D eigenvalue weighted by atomic mass is 16.4. The fraction of sp³-hybridized carbons (Fsp3) is 0.571. The summed E-state index contributed by atoms with van der Waals surface area (Å²) >= 11 is 0. The van der Waals surface area contributed by atoms with Crippen LogP contribution < -0.4 is 5.73 Å².